The maximum Gasteiger partial charge on any atom is 0.213 e. The van der Waals surface area contributed by atoms with Gasteiger partial charge in [-0.15, -0.1) is 0 Å². The number of ether oxygens (including phenoxy) is 1. The first-order valence-corrected chi connectivity index (χ1v) is 8.25. The van der Waals surface area contributed by atoms with Crippen molar-refractivity contribution in [2.24, 2.45) is 0 Å². The van der Waals surface area contributed by atoms with E-state index in [9.17, 15) is 4.79 Å². The highest BCUT2D eigenvalue weighted by Gasteiger charge is 2.39. The van der Waals surface area contributed by atoms with Crippen molar-refractivity contribution in [3.05, 3.63) is 16.4 Å². The first-order chi connectivity index (χ1) is 9.91. The van der Waals surface area contributed by atoms with Gasteiger partial charge >= 0.3 is 0 Å². The third-order valence-electron chi connectivity index (χ3n) is 3.75. The van der Waals surface area contributed by atoms with Crippen molar-refractivity contribution in [1.29, 1.82) is 0 Å². The van der Waals surface area contributed by atoms with Gasteiger partial charge in [-0.2, -0.15) is 5.10 Å². The Bertz CT molecular complexity index is 467. The summed E-state index contributed by atoms with van der Waals surface area (Å²) in [6.07, 6.45) is 2.99. The number of hydrogen-bond acceptors (Lipinski definition) is 4. The van der Waals surface area contributed by atoms with Gasteiger partial charge in [-0.05, 0) is 49.8 Å². The maximum atomic E-state index is 13.0. The van der Waals surface area contributed by atoms with Crippen molar-refractivity contribution in [2.45, 2.75) is 45.8 Å². The van der Waals surface area contributed by atoms with Crippen molar-refractivity contribution in [2.75, 3.05) is 27.2 Å². The van der Waals surface area contributed by atoms with E-state index in [2.05, 4.69) is 25.9 Å². The Kier molecular flexibility index (Phi) is 7.03. The molecule has 0 unspecified atom stereocenters. The number of halogens is 1. The SMILES string of the molecule is CCOC(CC)(CC)C(=O)c1c(Br)cnn1CCN(C)C. The van der Waals surface area contributed by atoms with Crippen molar-refractivity contribution in [1.82, 2.24) is 14.7 Å². The summed E-state index contributed by atoms with van der Waals surface area (Å²) in [4.78, 5) is 15.1. The van der Waals surface area contributed by atoms with Gasteiger partial charge in [0, 0.05) is 13.2 Å². The second-order valence-corrected chi connectivity index (χ2v) is 6.19. The molecule has 1 heterocycles. The molecule has 0 aliphatic heterocycles. The van der Waals surface area contributed by atoms with Crippen LogP contribution < -0.4 is 0 Å². The number of aromatic nitrogens is 2. The van der Waals surface area contributed by atoms with E-state index in [0.29, 0.717) is 31.7 Å². The Morgan fingerprint density at radius 3 is 2.48 bits per heavy atom. The zero-order chi connectivity index (χ0) is 16.0. The van der Waals surface area contributed by atoms with Crippen LogP contribution in [0.3, 0.4) is 0 Å². The number of carbonyl (C=O) groups excluding carboxylic acids is 1. The van der Waals surface area contributed by atoms with Gasteiger partial charge in [-0.1, -0.05) is 13.8 Å². The Hall–Kier alpha value is -0.720. The number of likely N-dealkylation sites (N-methyl/N-ethyl adjacent to an activating group) is 1. The Labute approximate surface area is 135 Å². The number of hydrogen-bond donors (Lipinski definition) is 0. The van der Waals surface area contributed by atoms with E-state index in [1.54, 1.807) is 10.9 Å². The lowest BCUT2D eigenvalue weighted by molar-refractivity contribution is -0.0258. The molecule has 0 saturated heterocycles. The monoisotopic (exact) mass is 359 g/mol. The minimum atomic E-state index is -0.757. The third kappa shape index (κ3) is 4.14. The van der Waals surface area contributed by atoms with Crippen LogP contribution >= 0.6 is 15.9 Å². The van der Waals surface area contributed by atoms with E-state index in [1.807, 2.05) is 34.9 Å². The molecule has 0 saturated carbocycles. The van der Waals surface area contributed by atoms with E-state index < -0.39 is 5.60 Å². The molecule has 0 aromatic carbocycles. The lowest BCUT2D eigenvalue weighted by Crippen LogP contribution is -2.42. The van der Waals surface area contributed by atoms with E-state index >= 15 is 0 Å². The molecule has 0 radical (unpaired) electrons. The summed E-state index contributed by atoms with van der Waals surface area (Å²) in [7, 11) is 4.01. The third-order valence-corrected chi connectivity index (χ3v) is 4.33. The van der Waals surface area contributed by atoms with E-state index in [4.69, 9.17) is 4.74 Å². The first kappa shape index (κ1) is 18.3. The molecule has 0 spiro atoms. The normalized spacial score (nSPS) is 12.1. The van der Waals surface area contributed by atoms with Crippen molar-refractivity contribution >= 4 is 21.7 Å². The molecule has 0 atom stereocenters. The molecule has 0 aliphatic rings. The highest BCUT2D eigenvalue weighted by Crippen LogP contribution is 2.29. The Balaban J connectivity index is 3.12. The molecular weight excluding hydrogens is 334 g/mol. The second kappa shape index (κ2) is 8.06. The van der Waals surface area contributed by atoms with Gasteiger partial charge in [0.15, 0.2) is 0 Å². The molecule has 0 amide bonds. The molecule has 1 rings (SSSR count). The average Bonchev–Trinajstić information content (AvgIpc) is 2.83. The van der Waals surface area contributed by atoms with Crippen molar-refractivity contribution in [3.63, 3.8) is 0 Å². The van der Waals surface area contributed by atoms with Gasteiger partial charge in [-0.25, -0.2) is 0 Å². The van der Waals surface area contributed by atoms with E-state index in [-0.39, 0.29) is 5.78 Å². The van der Waals surface area contributed by atoms with Crippen LogP contribution in [0.2, 0.25) is 0 Å². The molecule has 1 aromatic rings. The topological polar surface area (TPSA) is 47.4 Å². The molecule has 0 N–H and O–H groups in total. The fourth-order valence-corrected chi connectivity index (χ4v) is 2.86. The van der Waals surface area contributed by atoms with E-state index in [1.165, 1.54) is 0 Å². The molecule has 6 heteroatoms. The van der Waals surface area contributed by atoms with Gasteiger partial charge < -0.3 is 9.64 Å². The lowest BCUT2D eigenvalue weighted by atomic mass is 9.90. The zero-order valence-corrected chi connectivity index (χ0v) is 15.2. The molecule has 0 bridgehead atoms. The number of Topliss-reactive ketones (excluding diaryl/α,β-unsaturated/α-hetero) is 1. The highest BCUT2D eigenvalue weighted by molar-refractivity contribution is 9.10. The molecule has 5 nitrogen and oxygen atoms in total. The van der Waals surface area contributed by atoms with Crippen LogP contribution in [-0.4, -0.2) is 53.3 Å². The highest BCUT2D eigenvalue weighted by atomic mass is 79.9. The van der Waals surface area contributed by atoms with Gasteiger partial charge in [0.1, 0.15) is 11.3 Å². The summed E-state index contributed by atoms with van der Waals surface area (Å²) in [6.45, 7) is 7.93. The van der Waals surface area contributed by atoms with Gasteiger partial charge in [0.2, 0.25) is 5.78 Å². The maximum absolute atomic E-state index is 13.0. The van der Waals surface area contributed by atoms with Crippen LogP contribution in [0, 0.1) is 0 Å². The minimum absolute atomic E-state index is 0.0116. The Morgan fingerprint density at radius 1 is 1.38 bits per heavy atom. The number of carbonyl (C=O) groups is 1. The summed E-state index contributed by atoms with van der Waals surface area (Å²) in [5, 5.41) is 4.32. The van der Waals surface area contributed by atoms with Crippen LogP contribution in [0.15, 0.2) is 10.7 Å². The quantitative estimate of drug-likeness (QED) is 0.636. The van der Waals surface area contributed by atoms with Gasteiger partial charge in [-0.3, -0.25) is 9.48 Å². The smallest absolute Gasteiger partial charge is 0.213 e. The predicted octanol–water partition coefficient (Wildman–Crippen LogP) is 2.99. The summed E-state index contributed by atoms with van der Waals surface area (Å²) in [5.41, 5.74) is -0.151. The van der Waals surface area contributed by atoms with Crippen LogP contribution in [0.25, 0.3) is 0 Å². The number of nitrogens with zero attached hydrogens (tertiary/aromatic N) is 3. The van der Waals surface area contributed by atoms with Gasteiger partial charge in [0.05, 0.1) is 17.2 Å². The summed E-state index contributed by atoms with van der Waals surface area (Å²) in [5.74, 6) is 0.0116. The molecule has 120 valence electrons. The lowest BCUT2D eigenvalue weighted by Gasteiger charge is -2.30. The molecule has 0 fully saturated rings. The molecule has 21 heavy (non-hydrogen) atoms. The van der Waals surface area contributed by atoms with Crippen LogP contribution in [-0.2, 0) is 11.3 Å². The Morgan fingerprint density at radius 2 is 2.00 bits per heavy atom. The fraction of sp³-hybridized carbons (Fsp3) is 0.733. The first-order valence-electron chi connectivity index (χ1n) is 7.46. The number of rotatable bonds is 9. The fourth-order valence-electron chi connectivity index (χ4n) is 2.39. The van der Waals surface area contributed by atoms with Crippen LogP contribution in [0.4, 0.5) is 0 Å². The second-order valence-electron chi connectivity index (χ2n) is 5.33. The van der Waals surface area contributed by atoms with E-state index in [0.717, 1.165) is 11.0 Å². The predicted molar refractivity (Wildman–Crippen MR) is 87.8 cm³/mol. The average molecular weight is 360 g/mol. The molecular formula is C15H26BrN3O2. The summed E-state index contributed by atoms with van der Waals surface area (Å²) in [6, 6.07) is 0. The standard InChI is InChI=1S/C15H26BrN3O2/c1-6-15(7-2,21-8-3)14(20)13-12(16)11-17-19(13)10-9-18(4)5/h11H,6-10H2,1-5H3. The van der Waals surface area contributed by atoms with Gasteiger partial charge in [0.25, 0.3) is 0 Å². The number of ketones is 1. The molecule has 1 aromatic heterocycles. The largest absolute Gasteiger partial charge is 0.367 e. The summed E-state index contributed by atoms with van der Waals surface area (Å²) >= 11 is 3.45. The van der Waals surface area contributed by atoms with Crippen molar-refractivity contribution in [3.8, 4) is 0 Å². The molecule has 0 aliphatic carbocycles. The minimum Gasteiger partial charge on any atom is -0.367 e. The van der Waals surface area contributed by atoms with Crippen molar-refractivity contribution < 1.29 is 9.53 Å². The summed E-state index contributed by atoms with van der Waals surface area (Å²) < 4.78 is 8.33. The van der Waals surface area contributed by atoms with Crippen LogP contribution in [0.5, 0.6) is 0 Å². The van der Waals surface area contributed by atoms with Crippen LogP contribution in [0.1, 0.15) is 44.1 Å². The zero-order valence-electron chi connectivity index (χ0n) is 13.6.